The average molecular weight is 927 g/mol. The number of H-pyrrole nitrogens is 1. The first-order chi connectivity index (χ1) is 33.6. The van der Waals surface area contributed by atoms with E-state index in [0.29, 0.717) is 36.7 Å². The van der Waals surface area contributed by atoms with Crippen LogP contribution < -0.4 is 10.9 Å². The SMILES string of the molecule is Cn1c(CN2CCC(c3ccc(C(=O)N4CCC(CN5CCN(Cc6ccc7cc(CC8CCC(=O)NC8=O)c(=O)n(C)c7c6)CC5)CC4)cc3)CC2)cc2c(-c3ccc4[nH]ncc4c3)ccnc21. The van der Waals surface area contributed by atoms with Crippen LogP contribution in [0.1, 0.15) is 77.2 Å². The molecule has 8 heterocycles. The van der Waals surface area contributed by atoms with Crippen molar-refractivity contribution in [1.29, 1.82) is 0 Å². The summed E-state index contributed by atoms with van der Waals surface area (Å²) in [5.74, 6) is 0.344. The number of likely N-dealkylation sites (tertiary alicyclic amines) is 2. The minimum absolute atomic E-state index is 0.0892. The summed E-state index contributed by atoms with van der Waals surface area (Å²) in [6, 6.07) is 27.7. The molecule has 4 aliphatic heterocycles. The molecule has 2 N–H and O–H groups in total. The van der Waals surface area contributed by atoms with Gasteiger partial charge < -0.3 is 18.9 Å². The van der Waals surface area contributed by atoms with Crippen LogP contribution in [0, 0.1) is 11.8 Å². The summed E-state index contributed by atoms with van der Waals surface area (Å²) in [5.41, 5.74) is 10.4. The fraction of sp³-hybridized carbons (Fsp3) is 0.418. The van der Waals surface area contributed by atoms with Crippen LogP contribution in [0.4, 0.5) is 0 Å². The van der Waals surface area contributed by atoms with E-state index >= 15 is 0 Å². The van der Waals surface area contributed by atoms with Gasteiger partial charge in [0.2, 0.25) is 11.8 Å². The van der Waals surface area contributed by atoms with Crippen molar-refractivity contribution < 1.29 is 14.4 Å². The minimum atomic E-state index is -0.363. The maximum Gasteiger partial charge on any atom is 0.253 e. The first-order valence-electron chi connectivity index (χ1n) is 25.0. The summed E-state index contributed by atoms with van der Waals surface area (Å²) in [5, 5.41) is 12.9. The molecule has 1 unspecified atom stereocenters. The number of piperidine rings is 3. The van der Waals surface area contributed by atoms with Gasteiger partial charge in [0.25, 0.3) is 11.5 Å². The molecule has 4 aromatic heterocycles. The van der Waals surface area contributed by atoms with Crippen LogP contribution in [0.2, 0.25) is 0 Å². The van der Waals surface area contributed by atoms with Gasteiger partial charge in [-0.1, -0.05) is 30.3 Å². The molecule has 356 valence electrons. The van der Waals surface area contributed by atoms with E-state index in [1.54, 1.807) is 11.6 Å². The van der Waals surface area contributed by atoms with E-state index in [2.05, 4.69) is 120 Å². The Bertz CT molecular complexity index is 3110. The lowest BCUT2D eigenvalue weighted by atomic mass is 9.88. The van der Waals surface area contributed by atoms with E-state index in [9.17, 15) is 19.2 Å². The van der Waals surface area contributed by atoms with Crippen LogP contribution in [0.5, 0.6) is 0 Å². The number of piperazine rings is 1. The third kappa shape index (κ3) is 9.37. The topological polar surface area (TPSA) is 145 Å². The van der Waals surface area contributed by atoms with Gasteiger partial charge >= 0.3 is 0 Å². The number of benzene rings is 3. The summed E-state index contributed by atoms with van der Waals surface area (Å²) < 4.78 is 3.95. The Labute approximate surface area is 402 Å². The third-order valence-electron chi connectivity index (χ3n) is 15.9. The maximum atomic E-state index is 13.7. The molecule has 69 heavy (non-hydrogen) atoms. The van der Waals surface area contributed by atoms with Crippen molar-refractivity contribution >= 4 is 50.6 Å². The summed E-state index contributed by atoms with van der Waals surface area (Å²) in [6.07, 6.45) is 9.17. The highest BCUT2D eigenvalue weighted by atomic mass is 16.2. The van der Waals surface area contributed by atoms with Crippen LogP contribution in [0.3, 0.4) is 0 Å². The van der Waals surface area contributed by atoms with E-state index in [1.807, 2.05) is 18.5 Å². The number of aromatic nitrogens is 5. The Hall–Kier alpha value is -6.48. The van der Waals surface area contributed by atoms with Crippen LogP contribution >= 0.6 is 0 Å². The van der Waals surface area contributed by atoms with Gasteiger partial charge in [-0.25, -0.2) is 4.98 Å². The Morgan fingerprint density at radius 3 is 2.28 bits per heavy atom. The molecular weight excluding hydrogens is 865 g/mol. The van der Waals surface area contributed by atoms with Gasteiger partial charge in [-0.15, -0.1) is 0 Å². The highest BCUT2D eigenvalue weighted by molar-refractivity contribution is 5.99. The summed E-state index contributed by atoms with van der Waals surface area (Å²) in [4.78, 5) is 65.5. The van der Waals surface area contributed by atoms with Crippen molar-refractivity contribution in [2.75, 3.05) is 58.9 Å². The van der Waals surface area contributed by atoms with Crippen LogP contribution in [0.25, 0.3) is 44.0 Å². The molecule has 0 saturated carbocycles. The van der Waals surface area contributed by atoms with E-state index in [-0.39, 0.29) is 29.2 Å². The molecule has 4 aliphatic rings. The van der Waals surface area contributed by atoms with Crippen molar-refractivity contribution in [3.05, 3.63) is 130 Å². The van der Waals surface area contributed by atoms with Gasteiger partial charge in [0.15, 0.2) is 0 Å². The lowest BCUT2D eigenvalue weighted by Gasteiger charge is -2.39. The molecule has 14 heteroatoms. The molecule has 0 radical (unpaired) electrons. The average Bonchev–Trinajstić information content (AvgIpc) is 3.98. The van der Waals surface area contributed by atoms with Crippen molar-refractivity contribution in [2.24, 2.45) is 25.9 Å². The van der Waals surface area contributed by atoms with E-state index in [1.165, 1.54) is 33.3 Å². The van der Waals surface area contributed by atoms with Gasteiger partial charge in [0, 0.05) is 119 Å². The Morgan fingerprint density at radius 2 is 1.49 bits per heavy atom. The standard InChI is InChI=1S/C55H62N10O4/c1-60-46(31-48-47(13-18-56-52(48)60)41-9-11-49-45(28-41)32-57-59-49)35-62-19-16-39(17-20-62)38-5-7-40(8-6-38)55(69)65-21-14-36(15-22-65)33-63-23-25-64(26-24-63)34-37-3-4-42-29-44(54(68)61(2)50(42)27-37)30-43-10-12-51(66)58-53(43)67/h3-9,11,13,18,27-29,31-32,36,39,43H,10,12,14-17,19-26,30,33-35H2,1-2H3,(H,57,59)(H,58,66,67). The molecule has 0 spiro atoms. The number of aryl methyl sites for hydroxylation is 2. The van der Waals surface area contributed by atoms with Crippen molar-refractivity contribution in [1.82, 2.24) is 49.2 Å². The fourth-order valence-electron chi connectivity index (χ4n) is 11.6. The number of imide groups is 1. The van der Waals surface area contributed by atoms with E-state index in [4.69, 9.17) is 4.98 Å². The van der Waals surface area contributed by atoms with Crippen LogP contribution in [-0.4, -0.2) is 121 Å². The van der Waals surface area contributed by atoms with Crippen molar-refractivity contribution in [3.63, 3.8) is 0 Å². The smallest absolute Gasteiger partial charge is 0.253 e. The maximum absolute atomic E-state index is 13.7. The Balaban J connectivity index is 0.618. The fourth-order valence-corrected chi connectivity index (χ4v) is 11.6. The van der Waals surface area contributed by atoms with Gasteiger partial charge in [-0.2, -0.15) is 5.10 Å². The normalized spacial score (nSPS) is 19.6. The first kappa shape index (κ1) is 45.0. The first-order valence-corrected chi connectivity index (χ1v) is 25.0. The number of nitrogens with zero attached hydrogens (tertiary/aromatic N) is 8. The highest BCUT2D eigenvalue weighted by Crippen LogP contribution is 2.34. The molecule has 4 fully saturated rings. The predicted octanol–water partition coefficient (Wildman–Crippen LogP) is 6.61. The number of hydrogen-bond acceptors (Lipinski definition) is 9. The highest BCUT2D eigenvalue weighted by Gasteiger charge is 2.30. The molecular formula is C55H62N10O4. The summed E-state index contributed by atoms with van der Waals surface area (Å²) in [7, 11) is 3.93. The number of carbonyl (C=O) groups excluding carboxylic acids is 3. The molecule has 7 aromatic rings. The molecule has 1 atom stereocenters. The number of fused-ring (bicyclic) bond motifs is 3. The second-order valence-corrected chi connectivity index (χ2v) is 20.2. The quantitative estimate of drug-likeness (QED) is 0.137. The Kier molecular flexibility index (Phi) is 12.5. The van der Waals surface area contributed by atoms with Crippen molar-refractivity contribution in [3.8, 4) is 11.1 Å². The van der Waals surface area contributed by atoms with Gasteiger partial charge in [-0.05, 0) is 140 Å². The largest absolute Gasteiger partial charge is 0.339 e. The molecule has 4 saturated heterocycles. The van der Waals surface area contributed by atoms with Gasteiger partial charge in [0.1, 0.15) is 5.65 Å². The zero-order valence-corrected chi connectivity index (χ0v) is 39.8. The number of pyridine rings is 2. The Morgan fingerprint density at radius 1 is 0.725 bits per heavy atom. The second-order valence-electron chi connectivity index (χ2n) is 20.2. The number of rotatable bonds is 11. The second kappa shape index (κ2) is 19.1. The minimum Gasteiger partial charge on any atom is -0.339 e. The number of nitrogens with one attached hydrogen (secondary N) is 2. The van der Waals surface area contributed by atoms with Gasteiger partial charge in [0.05, 0.1) is 17.2 Å². The number of carbonyl (C=O) groups is 3. The summed E-state index contributed by atoms with van der Waals surface area (Å²) >= 11 is 0. The lowest BCUT2D eigenvalue weighted by Crippen LogP contribution is -2.48. The third-order valence-corrected chi connectivity index (χ3v) is 15.9. The van der Waals surface area contributed by atoms with E-state index < -0.39 is 0 Å². The number of aromatic amines is 1. The predicted molar refractivity (Wildman–Crippen MR) is 269 cm³/mol. The molecule has 14 nitrogen and oxygen atoms in total. The van der Waals surface area contributed by atoms with Gasteiger partial charge in [-0.3, -0.25) is 39.4 Å². The molecule has 0 bridgehead atoms. The molecule has 11 rings (SSSR count). The molecule has 3 amide bonds. The molecule has 3 aromatic carbocycles. The zero-order valence-electron chi connectivity index (χ0n) is 39.8. The lowest BCUT2D eigenvalue weighted by molar-refractivity contribution is -0.136. The number of amides is 3. The monoisotopic (exact) mass is 926 g/mol. The zero-order chi connectivity index (χ0) is 47.2. The van der Waals surface area contributed by atoms with E-state index in [0.717, 1.165) is 131 Å². The number of hydrogen-bond donors (Lipinski definition) is 2. The van der Waals surface area contributed by atoms with Crippen molar-refractivity contribution in [2.45, 2.75) is 64.0 Å². The molecule has 0 aliphatic carbocycles. The summed E-state index contributed by atoms with van der Waals surface area (Å²) in [6.45, 7) is 10.5. The van der Waals surface area contributed by atoms with Crippen LogP contribution in [0.15, 0.2) is 96.1 Å². The van der Waals surface area contributed by atoms with Crippen LogP contribution in [-0.2, 0) is 43.2 Å².